The smallest absolute Gasteiger partial charge is 0.174 e. The van der Waals surface area contributed by atoms with Crippen LogP contribution in [-0.2, 0) is 0 Å². The van der Waals surface area contributed by atoms with Crippen LogP contribution in [0, 0.1) is 6.92 Å². The highest BCUT2D eigenvalue weighted by Crippen LogP contribution is 2.35. The van der Waals surface area contributed by atoms with E-state index < -0.39 is 0 Å². The quantitative estimate of drug-likeness (QED) is 0.683. The zero-order valence-electron chi connectivity index (χ0n) is 11.0. The molecule has 1 N–H and O–H groups in total. The molecule has 0 radical (unpaired) electrons. The van der Waals surface area contributed by atoms with E-state index in [0.29, 0.717) is 11.5 Å². The molecule has 4 nitrogen and oxygen atoms in total. The van der Waals surface area contributed by atoms with Gasteiger partial charge in [0.2, 0.25) is 0 Å². The fourth-order valence-electron chi connectivity index (χ4n) is 2.00. The lowest BCUT2D eigenvalue weighted by Gasteiger charge is -2.03. The van der Waals surface area contributed by atoms with Crippen LogP contribution in [0.3, 0.4) is 0 Å². The Morgan fingerprint density at radius 1 is 1.00 bits per heavy atom. The van der Waals surface area contributed by atoms with E-state index in [1.807, 2.05) is 49.4 Å². The van der Waals surface area contributed by atoms with Crippen LogP contribution in [0.15, 0.2) is 65.0 Å². The average Bonchev–Trinajstić information content (AvgIpc) is 2.47. The second kappa shape index (κ2) is 5.09. The highest BCUT2D eigenvalue weighted by atomic mass is 16.3. The molecule has 1 heterocycles. The molecule has 0 aliphatic rings. The van der Waals surface area contributed by atoms with Crippen molar-refractivity contribution in [2.45, 2.75) is 6.92 Å². The first-order chi connectivity index (χ1) is 9.74. The van der Waals surface area contributed by atoms with Gasteiger partial charge >= 0.3 is 0 Å². The molecule has 0 saturated heterocycles. The molecular formula is C16H13N3O. The fraction of sp³-hybridized carbons (Fsp3) is 0.0625. The van der Waals surface area contributed by atoms with Crippen molar-refractivity contribution in [2.24, 2.45) is 10.2 Å². The van der Waals surface area contributed by atoms with Crippen LogP contribution in [0.4, 0.5) is 11.5 Å². The number of aryl methyl sites for hydroxylation is 1. The van der Waals surface area contributed by atoms with Crippen LogP contribution in [0.2, 0.25) is 0 Å². The predicted molar refractivity (Wildman–Crippen MR) is 78.8 cm³/mol. The lowest BCUT2D eigenvalue weighted by Crippen LogP contribution is -1.76. The number of pyridine rings is 1. The highest BCUT2D eigenvalue weighted by molar-refractivity contribution is 5.92. The number of hydrogen-bond acceptors (Lipinski definition) is 4. The molecule has 4 heteroatoms. The number of phenols is 1. The maximum Gasteiger partial charge on any atom is 0.174 e. The minimum absolute atomic E-state index is 0.138. The summed E-state index contributed by atoms with van der Waals surface area (Å²) in [5.41, 5.74) is 1.50. The second-order valence-corrected chi connectivity index (χ2v) is 4.55. The van der Waals surface area contributed by atoms with Crippen molar-refractivity contribution in [3.05, 3.63) is 60.3 Å². The summed E-state index contributed by atoms with van der Waals surface area (Å²) in [6.07, 6.45) is 1.68. The number of aromatic nitrogens is 1. The Balaban J connectivity index is 2.01. The maximum absolute atomic E-state index is 10.2. The van der Waals surface area contributed by atoms with Crippen LogP contribution in [0.1, 0.15) is 5.56 Å². The molecule has 3 rings (SSSR count). The lowest BCUT2D eigenvalue weighted by molar-refractivity contribution is 0.482. The van der Waals surface area contributed by atoms with Crippen molar-refractivity contribution in [3.63, 3.8) is 0 Å². The van der Waals surface area contributed by atoms with E-state index in [9.17, 15) is 5.11 Å². The molecule has 0 saturated carbocycles. The van der Waals surface area contributed by atoms with Gasteiger partial charge in [-0.3, -0.25) is 0 Å². The number of azo groups is 1. The van der Waals surface area contributed by atoms with E-state index in [1.54, 1.807) is 12.3 Å². The van der Waals surface area contributed by atoms with Gasteiger partial charge in [-0.05, 0) is 36.1 Å². The van der Waals surface area contributed by atoms with Gasteiger partial charge in [0.15, 0.2) is 11.6 Å². The standard InChI is InChI=1S/C16H13N3O/c1-11-8-9-17-15(10-11)19-18-14-7-6-12-4-2-3-5-13(12)16(14)20/h2-10,20H,1H3. The summed E-state index contributed by atoms with van der Waals surface area (Å²) in [6.45, 7) is 1.97. The van der Waals surface area contributed by atoms with Gasteiger partial charge in [0.25, 0.3) is 0 Å². The maximum atomic E-state index is 10.2. The third kappa shape index (κ3) is 2.36. The monoisotopic (exact) mass is 263 g/mol. The Kier molecular flexibility index (Phi) is 3.13. The Labute approximate surface area is 116 Å². The highest BCUT2D eigenvalue weighted by Gasteiger charge is 2.05. The molecule has 0 amide bonds. The van der Waals surface area contributed by atoms with E-state index in [4.69, 9.17) is 0 Å². The zero-order valence-corrected chi connectivity index (χ0v) is 11.0. The second-order valence-electron chi connectivity index (χ2n) is 4.55. The molecule has 20 heavy (non-hydrogen) atoms. The van der Waals surface area contributed by atoms with Crippen molar-refractivity contribution in [1.82, 2.24) is 4.98 Å². The van der Waals surface area contributed by atoms with Crippen LogP contribution in [0.25, 0.3) is 10.8 Å². The number of fused-ring (bicyclic) bond motifs is 1. The van der Waals surface area contributed by atoms with Gasteiger partial charge in [-0.15, -0.1) is 10.2 Å². The molecule has 98 valence electrons. The van der Waals surface area contributed by atoms with Gasteiger partial charge in [0.05, 0.1) is 0 Å². The lowest BCUT2D eigenvalue weighted by atomic mass is 10.1. The molecule has 0 aliphatic heterocycles. The summed E-state index contributed by atoms with van der Waals surface area (Å²) in [4.78, 5) is 4.10. The van der Waals surface area contributed by atoms with Crippen molar-refractivity contribution in [2.75, 3.05) is 0 Å². The third-order valence-electron chi connectivity index (χ3n) is 3.04. The molecule has 2 aromatic carbocycles. The van der Waals surface area contributed by atoms with Gasteiger partial charge in [0, 0.05) is 11.6 Å². The molecule has 0 aliphatic carbocycles. The Bertz CT molecular complexity index is 797. The summed E-state index contributed by atoms with van der Waals surface area (Å²) in [5.74, 6) is 0.664. The molecule has 0 spiro atoms. The molecule has 1 aromatic heterocycles. The van der Waals surface area contributed by atoms with Gasteiger partial charge in [-0.25, -0.2) is 4.98 Å². The SMILES string of the molecule is Cc1ccnc(N=Nc2ccc3ccccc3c2O)c1. The first-order valence-corrected chi connectivity index (χ1v) is 6.29. The van der Waals surface area contributed by atoms with E-state index in [1.165, 1.54) is 0 Å². The Morgan fingerprint density at radius 2 is 1.85 bits per heavy atom. The first-order valence-electron chi connectivity index (χ1n) is 6.29. The fourth-order valence-corrected chi connectivity index (χ4v) is 2.00. The summed E-state index contributed by atoms with van der Waals surface area (Å²) in [7, 11) is 0. The third-order valence-corrected chi connectivity index (χ3v) is 3.04. The normalized spacial score (nSPS) is 11.2. The van der Waals surface area contributed by atoms with Crippen LogP contribution in [0.5, 0.6) is 5.75 Å². The topological polar surface area (TPSA) is 57.8 Å². The number of aromatic hydroxyl groups is 1. The van der Waals surface area contributed by atoms with Gasteiger partial charge in [-0.1, -0.05) is 30.3 Å². The Hall–Kier alpha value is -2.75. The average molecular weight is 263 g/mol. The number of nitrogens with zero attached hydrogens (tertiary/aromatic N) is 3. The summed E-state index contributed by atoms with van der Waals surface area (Å²) in [5, 5.41) is 20.1. The Morgan fingerprint density at radius 3 is 2.70 bits per heavy atom. The van der Waals surface area contributed by atoms with Gasteiger partial charge < -0.3 is 5.11 Å². The summed E-state index contributed by atoms with van der Waals surface area (Å²) in [6, 6.07) is 15.0. The van der Waals surface area contributed by atoms with Gasteiger partial charge in [-0.2, -0.15) is 0 Å². The molecule has 0 unspecified atom stereocenters. The van der Waals surface area contributed by atoms with E-state index in [2.05, 4.69) is 15.2 Å². The number of rotatable bonds is 2. The van der Waals surface area contributed by atoms with Crippen LogP contribution in [-0.4, -0.2) is 10.1 Å². The van der Waals surface area contributed by atoms with Gasteiger partial charge in [0.1, 0.15) is 5.69 Å². The first kappa shape index (κ1) is 12.3. The molecule has 3 aromatic rings. The number of hydrogen-bond donors (Lipinski definition) is 1. The van der Waals surface area contributed by atoms with Crippen molar-refractivity contribution < 1.29 is 5.11 Å². The van der Waals surface area contributed by atoms with Crippen molar-refractivity contribution in [3.8, 4) is 5.75 Å². The predicted octanol–water partition coefficient (Wildman–Crippen LogP) is 4.66. The molecule has 0 bridgehead atoms. The number of benzene rings is 2. The van der Waals surface area contributed by atoms with E-state index >= 15 is 0 Å². The molecule has 0 atom stereocenters. The van der Waals surface area contributed by atoms with E-state index in [0.717, 1.165) is 16.3 Å². The number of phenolic OH excluding ortho intramolecular Hbond substituents is 1. The minimum atomic E-state index is 0.138. The van der Waals surface area contributed by atoms with Crippen LogP contribution >= 0.6 is 0 Å². The van der Waals surface area contributed by atoms with E-state index in [-0.39, 0.29) is 5.75 Å². The molecule has 0 fully saturated rings. The van der Waals surface area contributed by atoms with Crippen molar-refractivity contribution in [1.29, 1.82) is 0 Å². The molecular weight excluding hydrogens is 250 g/mol. The van der Waals surface area contributed by atoms with Crippen molar-refractivity contribution >= 4 is 22.3 Å². The largest absolute Gasteiger partial charge is 0.505 e. The summed E-state index contributed by atoms with van der Waals surface area (Å²) >= 11 is 0. The zero-order chi connectivity index (χ0) is 13.9. The van der Waals surface area contributed by atoms with Crippen LogP contribution < -0.4 is 0 Å². The minimum Gasteiger partial charge on any atom is -0.505 e. The summed E-state index contributed by atoms with van der Waals surface area (Å²) < 4.78 is 0.